The molecule has 2 atom stereocenters. The van der Waals surface area contributed by atoms with Crippen molar-refractivity contribution in [3.8, 4) is 0 Å². The number of hydrogen-bond acceptors (Lipinski definition) is 4. The van der Waals surface area contributed by atoms with E-state index in [0.29, 0.717) is 18.8 Å². The molecule has 0 N–H and O–H groups in total. The van der Waals surface area contributed by atoms with Gasteiger partial charge in [0.1, 0.15) is 5.56 Å². The standard InChI is InChI=1S/C16H20F3N3O2/c17-16(18,19)11-8-12(10-4-5-10)20-22(15(11)23)9-21-6-7-24-14-3-1-2-13(14)21/h8,10,13-14H,1-7,9H2/t13-,14+/m0/s1. The normalized spacial score (nSPS) is 28.1. The zero-order chi connectivity index (χ0) is 16.9. The van der Waals surface area contributed by atoms with E-state index in [1.54, 1.807) is 0 Å². The second-order valence-electron chi connectivity index (χ2n) is 6.92. The monoisotopic (exact) mass is 343 g/mol. The summed E-state index contributed by atoms with van der Waals surface area (Å²) in [6, 6.07) is 1.11. The van der Waals surface area contributed by atoms with E-state index < -0.39 is 17.3 Å². The molecule has 1 aromatic rings. The van der Waals surface area contributed by atoms with Gasteiger partial charge in [0.2, 0.25) is 0 Å². The average molecular weight is 343 g/mol. The Morgan fingerprint density at radius 1 is 1.25 bits per heavy atom. The summed E-state index contributed by atoms with van der Waals surface area (Å²) in [7, 11) is 0. The molecule has 132 valence electrons. The molecule has 2 aliphatic carbocycles. The summed E-state index contributed by atoms with van der Waals surface area (Å²) < 4.78 is 46.4. The molecule has 0 amide bonds. The van der Waals surface area contributed by atoms with Gasteiger partial charge in [0, 0.05) is 18.5 Å². The van der Waals surface area contributed by atoms with Crippen LogP contribution in [0.1, 0.15) is 49.3 Å². The zero-order valence-electron chi connectivity index (χ0n) is 13.3. The molecule has 1 aromatic heterocycles. The van der Waals surface area contributed by atoms with Crippen LogP contribution in [0.5, 0.6) is 0 Å². The first-order valence-electron chi connectivity index (χ1n) is 8.48. The Morgan fingerprint density at radius 2 is 2.04 bits per heavy atom. The van der Waals surface area contributed by atoms with E-state index in [2.05, 4.69) is 5.10 Å². The lowest BCUT2D eigenvalue weighted by Crippen LogP contribution is -2.50. The molecule has 3 fully saturated rings. The number of nitrogens with zero attached hydrogens (tertiary/aromatic N) is 3. The lowest BCUT2D eigenvalue weighted by molar-refractivity contribution is -0.139. The van der Waals surface area contributed by atoms with Gasteiger partial charge in [-0.1, -0.05) is 0 Å². The van der Waals surface area contributed by atoms with Gasteiger partial charge in [-0.05, 0) is 38.2 Å². The number of rotatable bonds is 3. The summed E-state index contributed by atoms with van der Waals surface area (Å²) in [6.07, 6.45) is 0.127. The summed E-state index contributed by atoms with van der Waals surface area (Å²) >= 11 is 0. The highest BCUT2D eigenvalue weighted by atomic mass is 19.4. The number of hydrogen-bond donors (Lipinski definition) is 0. The van der Waals surface area contributed by atoms with Crippen molar-refractivity contribution in [1.82, 2.24) is 14.7 Å². The lowest BCUT2D eigenvalue weighted by atomic mass is 10.1. The maximum absolute atomic E-state index is 13.2. The van der Waals surface area contributed by atoms with Crippen molar-refractivity contribution in [2.24, 2.45) is 0 Å². The predicted octanol–water partition coefficient (Wildman–Crippen LogP) is 2.35. The molecule has 0 spiro atoms. The highest BCUT2D eigenvalue weighted by Gasteiger charge is 2.39. The van der Waals surface area contributed by atoms with E-state index in [-0.39, 0.29) is 24.7 Å². The molecule has 8 heteroatoms. The van der Waals surface area contributed by atoms with Gasteiger partial charge in [-0.15, -0.1) is 0 Å². The van der Waals surface area contributed by atoms with Crippen LogP contribution in [0.4, 0.5) is 13.2 Å². The molecule has 24 heavy (non-hydrogen) atoms. The molecular weight excluding hydrogens is 323 g/mol. The van der Waals surface area contributed by atoms with Crippen LogP contribution in [0.15, 0.2) is 10.9 Å². The van der Waals surface area contributed by atoms with Crippen LogP contribution in [-0.2, 0) is 17.6 Å². The van der Waals surface area contributed by atoms with Gasteiger partial charge in [0.05, 0.1) is 25.1 Å². The molecule has 4 rings (SSSR count). The quantitative estimate of drug-likeness (QED) is 0.845. The van der Waals surface area contributed by atoms with Crippen LogP contribution in [0.3, 0.4) is 0 Å². The summed E-state index contributed by atoms with van der Waals surface area (Å²) in [5.74, 6) is 0.0573. The van der Waals surface area contributed by atoms with Gasteiger partial charge < -0.3 is 4.74 Å². The SMILES string of the molecule is O=c1c(C(F)(F)F)cc(C2CC2)nn1CN1CCO[C@@H]2CCC[C@@H]21. The Balaban J connectivity index is 1.66. The van der Waals surface area contributed by atoms with Crippen LogP contribution in [0, 0.1) is 0 Å². The summed E-state index contributed by atoms with van der Waals surface area (Å²) in [6.45, 7) is 1.27. The highest BCUT2D eigenvalue weighted by Crippen LogP contribution is 2.40. The number of morpholine rings is 1. The second kappa shape index (κ2) is 5.84. The third-order valence-corrected chi connectivity index (χ3v) is 5.21. The molecule has 0 radical (unpaired) electrons. The number of fused-ring (bicyclic) bond motifs is 1. The molecule has 1 aliphatic heterocycles. The highest BCUT2D eigenvalue weighted by molar-refractivity contribution is 5.22. The van der Waals surface area contributed by atoms with Gasteiger partial charge in [0.15, 0.2) is 0 Å². The Bertz CT molecular complexity index is 684. The lowest BCUT2D eigenvalue weighted by Gasteiger charge is -2.37. The molecule has 2 saturated carbocycles. The maximum atomic E-state index is 13.2. The Morgan fingerprint density at radius 3 is 2.75 bits per heavy atom. The summed E-state index contributed by atoms with van der Waals surface area (Å²) in [5.41, 5.74) is -1.76. The fourth-order valence-corrected chi connectivity index (χ4v) is 3.79. The van der Waals surface area contributed by atoms with Crippen molar-refractivity contribution < 1.29 is 17.9 Å². The molecule has 3 aliphatic rings. The van der Waals surface area contributed by atoms with Crippen molar-refractivity contribution in [3.05, 3.63) is 27.7 Å². The number of halogens is 3. The maximum Gasteiger partial charge on any atom is 0.421 e. The second-order valence-corrected chi connectivity index (χ2v) is 6.92. The van der Waals surface area contributed by atoms with E-state index in [9.17, 15) is 18.0 Å². The van der Waals surface area contributed by atoms with E-state index in [4.69, 9.17) is 4.74 Å². The Kier molecular flexibility index (Phi) is 3.91. The minimum atomic E-state index is -4.65. The van der Waals surface area contributed by atoms with Crippen molar-refractivity contribution in [2.45, 2.75) is 63.0 Å². The van der Waals surface area contributed by atoms with Crippen molar-refractivity contribution in [1.29, 1.82) is 0 Å². The summed E-state index contributed by atoms with van der Waals surface area (Å²) in [5, 5.41) is 4.24. The predicted molar refractivity (Wildman–Crippen MR) is 79.6 cm³/mol. The third-order valence-electron chi connectivity index (χ3n) is 5.21. The average Bonchev–Trinajstić information content (AvgIpc) is 3.25. The van der Waals surface area contributed by atoms with Crippen molar-refractivity contribution in [2.75, 3.05) is 13.2 Å². The fraction of sp³-hybridized carbons (Fsp3) is 0.750. The van der Waals surface area contributed by atoms with Crippen LogP contribution in [0.25, 0.3) is 0 Å². The van der Waals surface area contributed by atoms with E-state index in [1.807, 2.05) is 4.90 Å². The van der Waals surface area contributed by atoms with Crippen molar-refractivity contribution >= 4 is 0 Å². The number of aromatic nitrogens is 2. The topological polar surface area (TPSA) is 47.4 Å². The smallest absolute Gasteiger partial charge is 0.375 e. The first-order chi connectivity index (χ1) is 11.4. The fourth-order valence-electron chi connectivity index (χ4n) is 3.79. The van der Waals surface area contributed by atoms with Gasteiger partial charge >= 0.3 is 6.18 Å². The molecule has 5 nitrogen and oxygen atoms in total. The van der Waals surface area contributed by atoms with Crippen molar-refractivity contribution in [3.63, 3.8) is 0 Å². The van der Waals surface area contributed by atoms with E-state index in [0.717, 1.165) is 42.9 Å². The molecule has 1 saturated heterocycles. The first-order valence-corrected chi connectivity index (χ1v) is 8.48. The van der Waals surface area contributed by atoms with E-state index >= 15 is 0 Å². The largest absolute Gasteiger partial charge is 0.421 e. The minimum Gasteiger partial charge on any atom is -0.375 e. The van der Waals surface area contributed by atoms with Crippen LogP contribution < -0.4 is 5.56 Å². The molecule has 0 unspecified atom stereocenters. The third kappa shape index (κ3) is 2.97. The Labute approximate surface area is 137 Å². The minimum absolute atomic E-state index is 0.0573. The zero-order valence-corrected chi connectivity index (χ0v) is 13.3. The molecular formula is C16H20F3N3O2. The molecule has 2 heterocycles. The van der Waals surface area contributed by atoms with E-state index in [1.165, 1.54) is 0 Å². The Hall–Kier alpha value is -1.41. The van der Waals surface area contributed by atoms with Crippen LogP contribution in [-0.4, -0.2) is 40.0 Å². The summed E-state index contributed by atoms with van der Waals surface area (Å²) in [4.78, 5) is 14.3. The number of alkyl halides is 3. The molecule has 0 aromatic carbocycles. The van der Waals surface area contributed by atoms with Gasteiger partial charge in [-0.3, -0.25) is 9.69 Å². The van der Waals surface area contributed by atoms with Gasteiger partial charge in [-0.25, -0.2) is 4.68 Å². The first kappa shape index (κ1) is 16.1. The molecule has 0 bridgehead atoms. The van der Waals surface area contributed by atoms with Gasteiger partial charge in [-0.2, -0.15) is 18.3 Å². The van der Waals surface area contributed by atoms with Crippen LogP contribution in [0.2, 0.25) is 0 Å². The van der Waals surface area contributed by atoms with Crippen LogP contribution >= 0.6 is 0 Å². The van der Waals surface area contributed by atoms with Gasteiger partial charge in [0.25, 0.3) is 5.56 Å². The number of ether oxygens (including phenoxy) is 1.